The lowest BCUT2D eigenvalue weighted by Crippen LogP contribution is -2.40. The highest BCUT2D eigenvalue weighted by Crippen LogP contribution is 2.39. The molecule has 0 aliphatic heterocycles. The van der Waals surface area contributed by atoms with Crippen molar-refractivity contribution in [1.29, 1.82) is 0 Å². The molecule has 0 aliphatic rings. The average Bonchev–Trinajstić information content (AvgIpc) is 3.27. The van der Waals surface area contributed by atoms with Gasteiger partial charge < -0.3 is 0 Å². The maximum absolute atomic E-state index is 8.85. The normalized spacial score (nSPS) is 12.7. The zero-order valence-electron chi connectivity index (χ0n) is 21.4. The smallest absolute Gasteiger partial charge is 0.124 e. The summed E-state index contributed by atoms with van der Waals surface area (Å²) >= 11 is 1.72. The van der Waals surface area contributed by atoms with Gasteiger partial charge in [-0.25, -0.2) is 4.98 Å². The van der Waals surface area contributed by atoms with Gasteiger partial charge in [0, 0.05) is 24.3 Å². The van der Waals surface area contributed by atoms with Crippen molar-refractivity contribution >= 4 is 34.8 Å². The van der Waals surface area contributed by atoms with E-state index in [0.29, 0.717) is 0 Å². The molecule has 0 amide bonds. The lowest BCUT2D eigenvalue weighted by atomic mass is 9.98. The number of pyridine rings is 1. The fourth-order valence-corrected chi connectivity index (χ4v) is 6.96. The van der Waals surface area contributed by atoms with E-state index in [0.717, 1.165) is 48.7 Å². The fourth-order valence-electron chi connectivity index (χ4n) is 4.34. The van der Waals surface area contributed by atoms with Crippen LogP contribution in [0.2, 0.25) is 19.6 Å². The predicted octanol–water partition coefficient (Wildman–Crippen LogP) is 8.36. The minimum atomic E-state index is -1.64. The van der Waals surface area contributed by atoms with Crippen LogP contribution in [0.4, 0.5) is 0 Å². The van der Waals surface area contributed by atoms with E-state index in [-0.39, 0.29) is 0 Å². The molecule has 0 fully saturated rings. The van der Waals surface area contributed by atoms with Gasteiger partial charge >= 0.3 is 0 Å². The molecule has 0 saturated carbocycles. The number of hydrogen-bond donors (Lipinski definition) is 0. The van der Waals surface area contributed by atoms with Gasteiger partial charge in [-0.1, -0.05) is 94.2 Å². The monoisotopic (exact) mass is 479 g/mol. The van der Waals surface area contributed by atoms with E-state index in [9.17, 15) is 0 Å². The molecule has 0 atom stereocenters. The van der Waals surface area contributed by atoms with Crippen LogP contribution in [0.15, 0.2) is 85.1 Å². The average molecular weight is 480 g/mol. The van der Waals surface area contributed by atoms with E-state index in [1.54, 1.807) is 11.3 Å². The Morgan fingerprint density at radius 3 is 2.09 bits per heavy atom. The maximum atomic E-state index is 8.85. The van der Waals surface area contributed by atoms with Gasteiger partial charge in [-0.05, 0) is 40.4 Å². The van der Waals surface area contributed by atoms with Gasteiger partial charge in [-0.15, -0.1) is 11.3 Å². The highest BCUT2D eigenvalue weighted by molar-refractivity contribution is 7.21. The molecule has 3 aromatic carbocycles. The molecule has 5 rings (SSSR count). The highest BCUT2D eigenvalue weighted by Gasteiger charge is 2.23. The Hall–Kier alpha value is -3.08. The number of rotatable bonds is 5. The topological polar surface area (TPSA) is 25.8 Å². The number of benzene rings is 3. The molecule has 5 aromatic rings. The predicted molar refractivity (Wildman–Crippen MR) is 151 cm³/mol. The summed E-state index contributed by atoms with van der Waals surface area (Å²) < 4.78 is 9.99. The van der Waals surface area contributed by atoms with Gasteiger partial charge in [0.05, 0.1) is 24.0 Å². The van der Waals surface area contributed by atoms with Crippen LogP contribution < -0.4 is 5.19 Å². The van der Waals surface area contributed by atoms with E-state index in [2.05, 4.69) is 86.4 Å². The SMILES string of the molecule is [2H]C(C)(C)c1cc(-c2cc(-c3ccccc3)c3nc(-c4ccccc4)sc3c2)ncc1[Si](C)(C)C. The first-order valence-corrected chi connectivity index (χ1v) is 16.0. The van der Waals surface area contributed by atoms with Gasteiger partial charge in [0.2, 0.25) is 0 Å². The Balaban J connectivity index is 1.75. The molecule has 2 aromatic heterocycles. The van der Waals surface area contributed by atoms with Gasteiger partial charge in [-0.3, -0.25) is 4.98 Å². The van der Waals surface area contributed by atoms with Crippen molar-refractivity contribution < 1.29 is 1.37 Å². The molecule has 4 heteroatoms. The summed E-state index contributed by atoms with van der Waals surface area (Å²) in [5.74, 6) is -0.690. The molecule has 0 N–H and O–H groups in total. The number of hydrogen-bond acceptors (Lipinski definition) is 3. The summed E-state index contributed by atoms with van der Waals surface area (Å²) in [5, 5.41) is 2.28. The van der Waals surface area contributed by atoms with Crippen LogP contribution in [0.5, 0.6) is 0 Å². The second kappa shape index (κ2) is 8.93. The molecule has 34 heavy (non-hydrogen) atoms. The number of nitrogens with zero attached hydrogens (tertiary/aromatic N) is 2. The summed E-state index contributed by atoms with van der Waals surface area (Å²) in [7, 11) is -1.64. The molecule has 0 radical (unpaired) electrons. The minimum absolute atomic E-state index is 0.690. The molecule has 0 saturated heterocycles. The Bertz CT molecular complexity index is 1500. The standard InChI is InChI=1S/C30H30N2SSi/c1-20(2)24-18-26(31-19-28(24)34(3,4)5)23-16-25(21-12-8-6-9-13-21)29-27(17-23)33-30(32-29)22-14-10-7-11-15-22/h6-20H,1-5H3/i20D. The van der Waals surface area contributed by atoms with E-state index in [4.69, 9.17) is 11.3 Å². The Morgan fingerprint density at radius 1 is 0.824 bits per heavy atom. The molecule has 0 spiro atoms. The van der Waals surface area contributed by atoms with Crippen LogP contribution in [0.1, 0.15) is 26.7 Å². The molecular weight excluding hydrogens is 448 g/mol. The molecule has 0 unspecified atom stereocenters. The second-order valence-corrected chi connectivity index (χ2v) is 16.1. The molecule has 0 aliphatic carbocycles. The third-order valence-corrected chi connectivity index (χ3v) is 9.21. The molecule has 2 heterocycles. The fraction of sp³-hybridized carbons (Fsp3) is 0.200. The minimum Gasteiger partial charge on any atom is -0.256 e. The van der Waals surface area contributed by atoms with Gasteiger partial charge in [0.1, 0.15) is 5.01 Å². The summed E-state index contributed by atoms with van der Waals surface area (Å²) in [5.41, 5.74) is 7.46. The number of aromatic nitrogens is 2. The van der Waals surface area contributed by atoms with Crippen molar-refractivity contribution in [1.82, 2.24) is 9.97 Å². The third-order valence-electron chi connectivity index (χ3n) is 6.15. The first-order chi connectivity index (χ1) is 16.6. The largest absolute Gasteiger partial charge is 0.256 e. The summed E-state index contributed by atoms with van der Waals surface area (Å²) in [6.07, 6.45) is 2.03. The van der Waals surface area contributed by atoms with Crippen LogP contribution in [0, 0.1) is 0 Å². The molecular formula is C30H30N2SSi. The second-order valence-electron chi connectivity index (χ2n) is 9.99. The van der Waals surface area contributed by atoms with Crippen molar-refractivity contribution in [2.24, 2.45) is 0 Å². The van der Waals surface area contributed by atoms with Gasteiger partial charge in [0.25, 0.3) is 0 Å². The zero-order chi connectivity index (χ0) is 24.8. The lowest BCUT2D eigenvalue weighted by molar-refractivity contribution is 0.870. The van der Waals surface area contributed by atoms with Crippen LogP contribution in [-0.4, -0.2) is 18.0 Å². The van der Waals surface area contributed by atoms with Gasteiger partial charge in [-0.2, -0.15) is 0 Å². The zero-order valence-corrected chi connectivity index (χ0v) is 22.2. The Kier molecular flexibility index (Phi) is 5.64. The van der Waals surface area contributed by atoms with Crippen molar-refractivity contribution in [2.75, 3.05) is 0 Å². The van der Waals surface area contributed by atoms with Crippen molar-refractivity contribution in [3.05, 3.63) is 90.6 Å². The van der Waals surface area contributed by atoms with E-state index in [1.165, 1.54) is 5.19 Å². The number of fused-ring (bicyclic) bond motifs is 1. The quantitative estimate of drug-likeness (QED) is 0.237. The Morgan fingerprint density at radius 2 is 1.47 bits per heavy atom. The van der Waals surface area contributed by atoms with E-state index < -0.39 is 14.0 Å². The highest BCUT2D eigenvalue weighted by atomic mass is 32.1. The molecule has 170 valence electrons. The maximum Gasteiger partial charge on any atom is 0.124 e. The summed E-state index contributed by atoms with van der Waals surface area (Å²) in [6, 6.07) is 27.4. The van der Waals surface area contributed by atoms with Crippen molar-refractivity contribution in [2.45, 2.75) is 39.4 Å². The van der Waals surface area contributed by atoms with Crippen molar-refractivity contribution in [3.8, 4) is 33.0 Å². The first-order valence-electron chi connectivity index (χ1n) is 12.2. The van der Waals surface area contributed by atoms with Crippen LogP contribution in [-0.2, 0) is 0 Å². The first kappa shape index (κ1) is 21.5. The van der Waals surface area contributed by atoms with Crippen LogP contribution in [0.3, 0.4) is 0 Å². The lowest BCUT2D eigenvalue weighted by Gasteiger charge is -2.23. The van der Waals surface area contributed by atoms with Gasteiger partial charge in [0.15, 0.2) is 0 Å². The van der Waals surface area contributed by atoms with E-state index in [1.807, 2.05) is 32.2 Å². The molecule has 0 bridgehead atoms. The number of thiazole rings is 1. The summed E-state index contributed by atoms with van der Waals surface area (Å²) in [6.45, 7) is 10.9. The van der Waals surface area contributed by atoms with Crippen LogP contribution in [0.25, 0.3) is 43.2 Å². The Labute approximate surface area is 208 Å². The summed E-state index contributed by atoms with van der Waals surface area (Å²) in [4.78, 5) is 10.0. The molecule has 2 nitrogen and oxygen atoms in total. The third kappa shape index (κ3) is 4.36. The van der Waals surface area contributed by atoms with E-state index >= 15 is 0 Å². The van der Waals surface area contributed by atoms with Crippen LogP contribution >= 0.6 is 11.3 Å². The van der Waals surface area contributed by atoms with Crippen molar-refractivity contribution in [3.63, 3.8) is 0 Å².